The lowest BCUT2D eigenvalue weighted by Crippen LogP contribution is -2.14. The molecule has 0 bridgehead atoms. The van der Waals surface area contributed by atoms with Gasteiger partial charge < -0.3 is 14.8 Å². The number of ether oxygens (including phenoxy) is 2. The number of halogens is 2. The summed E-state index contributed by atoms with van der Waals surface area (Å²) in [7, 11) is 1.62. The predicted molar refractivity (Wildman–Crippen MR) is 88.8 cm³/mol. The summed E-state index contributed by atoms with van der Waals surface area (Å²) >= 11 is 3.55. The Bertz CT molecular complexity index is 617. The van der Waals surface area contributed by atoms with E-state index < -0.39 is 0 Å². The van der Waals surface area contributed by atoms with Crippen molar-refractivity contribution in [1.29, 1.82) is 0 Å². The van der Waals surface area contributed by atoms with E-state index in [-0.39, 0.29) is 5.82 Å². The highest BCUT2D eigenvalue weighted by Crippen LogP contribution is 2.36. The van der Waals surface area contributed by atoms with Crippen molar-refractivity contribution in [3.8, 4) is 11.5 Å². The van der Waals surface area contributed by atoms with E-state index in [4.69, 9.17) is 9.47 Å². The van der Waals surface area contributed by atoms with Gasteiger partial charge in [0, 0.05) is 16.6 Å². The normalized spacial score (nSPS) is 10.5. The van der Waals surface area contributed by atoms with Gasteiger partial charge >= 0.3 is 0 Å². The number of rotatable bonds is 7. The van der Waals surface area contributed by atoms with Crippen LogP contribution in [0.4, 0.5) is 4.39 Å². The van der Waals surface area contributed by atoms with E-state index >= 15 is 0 Å². The minimum atomic E-state index is -0.253. The molecule has 0 fully saturated rings. The standard InChI is InChI=1S/C17H19BrFNO2/c1-3-20-10-14-15(18)8-9-16(21-2)17(14)22-11-12-4-6-13(19)7-5-12/h4-9,20H,3,10-11H2,1-2H3. The Labute approximate surface area is 138 Å². The average Bonchev–Trinajstić information content (AvgIpc) is 2.53. The zero-order chi connectivity index (χ0) is 15.9. The molecule has 0 aromatic heterocycles. The summed E-state index contributed by atoms with van der Waals surface area (Å²) in [6, 6.07) is 10.1. The second-order valence-corrected chi connectivity index (χ2v) is 5.61. The minimum absolute atomic E-state index is 0.253. The molecule has 0 aliphatic carbocycles. The lowest BCUT2D eigenvalue weighted by molar-refractivity contribution is 0.280. The van der Waals surface area contributed by atoms with Gasteiger partial charge in [-0.2, -0.15) is 0 Å². The van der Waals surface area contributed by atoms with Crippen molar-refractivity contribution in [1.82, 2.24) is 5.32 Å². The average molecular weight is 368 g/mol. The van der Waals surface area contributed by atoms with Gasteiger partial charge in [-0.05, 0) is 36.4 Å². The Morgan fingerprint density at radius 1 is 1.14 bits per heavy atom. The molecule has 0 amide bonds. The van der Waals surface area contributed by atoms with E-state index in [9.17, 15) is 4.39 Å². The highest BCUT2D eigenvalue weighted by atomic mass is 79.9. The Hall–Kier alpha value is -1.59. The van der Waals surface area contributed by atoms with Crippen LogP contribution in [-0.2, 0) is 13.2 Å². The zero-order valence-electron chi connectivity index (χ0n) is 12.7. The molecule has 1 N–H and O–H groups in total. The number of hydrogen-bond acceptors (Lipinski definition) is 3. The summed E-state index contributed by atoms with van der Waals surface area (Å²) in [5.74, 6) is 1.12. The molecule has 0 unspecified atom stereocenters. The molecule has 3 nitrogen and oxygen atoms in total. The van der Waals surface area contributed by atoms with Crippen LogP contribution in [0.2, 0.25) is 0 Å². The van der Waals surface area contributed by atoms with Gasteiger partial charge in [0.05, 0.1) is 7.11 Å². The summed E-state index contributed by atoms with van der Waals surface area (Å²) in [6.45, 7) is 3.94. The molecule has 5 heteroatoms. The van der Waals surface area contributed by atoms with Crippen molar-refractivity contribution < 1.29 is 13.9 Å². The smallest absolute Gasteiger partial charge is 0.167 e. The fraction of sp³-hybridized carbons (Fsp3) is 0.294. The van der Waals surface area contributed by atoms with Crippen LogP contribution in [-0.4, -0.2) is 13.7 Å². The number of nitrogens with one attached hydrogen (secondary N) is 1. The quantitative estimate of drug-likeness (QED) is 0.791. The highest BCUT2D eigenvalue weighted by molar-refractivity contribution is 9.10. The van der Waals surface area contributed by atoms with Crippen molar-refractivity contribution in [2.45, 2.75) is 20.1 Å². The molecule has 118 valence electrons. The van der Waals surface area contributed by atoms with E-state index in [1.54, 1.807) is 19.2 Å². The summed E-state index contributed by atoms with van der Waals surface area (Å²) < 4.78 is 25.3. The highest BCUT2D eigenvalue weighted by Gasteiger charge is 2.14. The molecule has 0 aliphatic rings. The van der Waals surface area contributed by atoms with Gasteiger partial charge in [-0.3, -0.25) is 0 Å². The Morgan fingerprint density at radius 2 is 1.86 bits per heavy atom. The second kappa shape index (κ2) is 8.15. The lowest BCUT2D eigenvalue weighted by Gasteiger charge is -2.17. The van der Waals surface area contributed by atoms with Gasteiger partial charge in [0.2, 0.25) is 0 Å². The molecule has 0 spiro atoms. The third-order valence-electron chi connectivity index (χ3n) is 3.24. The van der Waals surface area contributed by atoms with Crippen molar-refractivity contribution in [3.05, 3.63) is 57.8 Å². The molecular weight excluding hydrogens is 349 g/mol. The van der Waals surface area contributed by atoms with Gasteiger partial charge in [0.25, 0.3) is 0 Å². The van der Waals surface area contributed by atoms with Crippen LogP contribution in [0, 0.1) is 5.82 Å². The first-order valence-corrected chi connectivity index (χ1v) is 7.88. The molecule has 2 rings (SSSR count). The minimum Gasteiger partial charge on any atom is -0.493 e. The Kier molecular flexibility index (Phi) is 6.21. The van der Waals surface area contributed by atoms with Crippen molar-refractivity contribution in [2.75, 3.05) is 13.7 Å². The molecule has 0 atom stereocenters. The fourth-order valence-electron chi connectivity index (χ4n) is 2.05. The summed E-state index contributed by atoms with van der Waals surface area (Å²) in [6.07, 6.45) is 0. The number of hydrogen-bond donors (Lipinski definition) is 1. The van der Waals surface area contributed by atoms with E-state index in [1.807, 2.05) is 19.1 Å². The molecule has 0 aliphatic heterocycles. The van der Waals surface area contributed by atoms with E-state index in [0.717, 1.165) is 22.1 Å². The molecule has 0 heterocycles. The van der Waals surface area contributed by atoms with Gasteiger partial charge in [-0.1, -0.05) is 35.0 Å². The van der Waals surface area contributed by atoms with Crippen molar-refractivity contribution >= 4 is 15.9 Å². The number of benzene rings is 2. The third kappa shape index (κ3) is 4.21. The predicted octanol–water partition coefficient (Wildman–Crippen LogP) is 4.29. The topological polar surface area (TPSA) is 30.5 Å². The molecule has 0 saturated heterocycles. The maximum Gasteiger partial charge on any atom is 0.167 e. The van der Waals surface area contributed by atoms with E-state index in [2.05, 4.69) is 21.2 Å². The Balaban J connectivity index is 2.23. The number of methoxy groups -OCH3 is 1. The molecule has 2 aromatic rings. The fourth-order valence-corrected chi connectivity index (χ4v) is 2.50. The largest absolute Gasteiger partial charge is 0.493 e. The van der Waals surface area contributed by atoms with E-state index in [1.165, 1.54) is 12.1 Å². The summed E-state index contributed by atoms with van der Waals surface area (Å²) in [4.78, 5) is 0. The summed E-state index contributed by atoms with van der Waals surface area (Å²) in [5.41, 5.74) is 1.90. The first kappa shape index (κ1) is 16.8. The monoisotopic (exact) mass is 367 g/mol. The molecule has 2 aromatic carbocycles. The van der Waals surface area contributed by atoms with Crippen molar-refractivity contribution in [3.63, 3.8) is 0 Å². The van der Waals surface area contributed by atoms with Crippen LogP contribution in [0.5, 0.6) is 11.5 Å². The van der Waals surface area contributed by atoms with Crippen molar-refractivity contribution in [2.24, 2.45) is 0 Å². The molecule has 0 saturated carbocycles. The SMILES string of the molecule is CCNCc1c(Br)ccc(OC)c1OCc1ccc(F)cc1. The first-order valence-electron chi connectivity index (χ1n) is 7.09. The maximum absolute atomic E-state index is 12.9. The van der Waals surface area contributed by atoms with Crippen LogP contribution < -0.4 is 14.8 Å². The molecular formula is C17H19BrFNO2. The zero-order valence-corrected chi connectivity index (χ0v) is 14.2. The first-order chi connectivity index (χ1) is 10.7. The molecule has 22 heavy (non-hydrogen) atoms. The maximum atomic E-state index is 12.9. The van der Waals surface area contributed by atoms with Gasteiger partial charge in [0.15, 0.2) is 11.5 Å². The van der Waals surface area contributed by atoms with E-state index in [0.29, 0.717) is 24.7 Å². The third-order valence-corrected chi connectivity index (χ3v) is 3.98. The molecule has 0 radical (unpaired) electrons. The second-order valence-electron chi connectivity index (χ2n) is 4.75. The summed E-state index contributed by atoms with van der Waals surface area (Å²) in [5, 5.41) is 3.29. The van der Waals surface area contributed by atoms with Gasteiger partial charge in [0.1, 0.15) is 12.4 Å². The lowest BCUT2D eigenvalue weighted by atomic mass is 10.1. The van der Waals surface area contributed by atoms with Gasteiger partial charge in [-0.15, -0.1) is 0 Å². The van der Waals surface area contributed by atoms with Crippen LogP contribution in [0.3, 0.4) is 0 Å². The Morgan fingerprint density at radius 3 is 2.50 bits per heavy atom. The van der Waals surface area contributed by atoms with Crippen LogP contribution in [0.1, 0.15) is 18.1 Å². The van der Waals surface area contributed by atoms with Gasteiger partial charge in [-0.25, -0.2) is 4.39 Å². The van der Waals surface area contributed by atoms with Crippen LogP contribution >= 0.6 is 15.9 Å². The van der Waals surface area contributed by atoms with Crippen LogP contribution in [0.15, 0.2) is 40.9 Å². The van der Waals surface area contributed by atoms with Crippen LogP contribution in [0.25, 0.3) is 0 Å².